The molecule has 2 aromatic heterocycles. The second kappa shape index (κ2) is 14.6. The lowest BCUT2D eigenvalue weighted by molar-refractivity contribution is -0.274. The number of aryl methyl sites for hydroxylation is 2. The predicted molar refractivity (Wildman–Crippen MR) is 193 cm³/mol. The summed E-state index contributed by atoms with van der Waals surface area (Å²) in [6.45, 7) is 9.31. The molecule has 0 bridgehead atoms. The van der Waals surface area contributed by atoms with Gasteiger partial charge in [-0.2, -0.15) is 4.98 Å². The third kappa shape index (κ3) is 8.37. The largest absolute Gasteiger partial charge is 0.573 e. The highest BCUT2D eigenvalue weighted by molar-refractivity contribution is 7.92. The molecule has 0 radical (unpaired) electrons. The van der Waals surface area contributed by atoms with E-state index in [0.717, 1.165) is 68.2 Å². The Hall–Kier alpha value is -4.48. The van der Waals surface area contributed by atoms with Crippen LogP contribution in [0.5, 0.6) is 5.75 Å². The molecule has 0 aliphatic carbocycles. The number of piperidine rings is 1. The van der Waals surface area contributed by atoms with Crippen LogP contribution in [0.3, 0.4) is 0 Å². The van der Waals surface area contributed by atoms with Gasteiger partial charge >= 0.3 is 6.36 Å². The number of nitrogens with zero attached hydrogens (tertiary/aromatic N) is 8. The Labute approximate surface area is 295 Å². The van der Waals surface area contributed by atoms with Gasteiger partial charge in [-0.05, 0) is 57.0 Å². The number of anilines is 6. The normalized spacial score (nSPS) is 16.7. The van der Waals surface area contributed by atoms with Gasteiger partial charge in [0.2, 0.25) is 16.0 Å². The minimum atomic E-state index is -4.93. The van der Waals surface area contributed by atoms with E-state index in [-0.39, 0.29) is 23.1 Å². The second-order valence-electron chi connectivity index (χ2n) is 13.0. The molecular weight excluding hydrogens is 686 g/mol. The van der Waals surface area contributed by atoms with Crippen LogP contribution in [0.15, 0.2) is 42.9 Å². The van der Waals surface area contributed by atoms with Gasteiger partial charge in [0.05, 0.1) is 23.1 Å². The maximum Gasteiger partial charge on any atom is 0.573 e. The van der Waals surface area contributed by atoms with E-state index in [1.54, 1.807) is 25.1 Å². The first-order valence-electron chi connectivity index (χ1n) is 16.9. The van der Waals surface area contributed by atoms with E-state index in [2.05, 4.69) is 57.1 Å². The van der Waals surface area contributed by atoms with Crippen molar-refractivity contribution in [3.05, 3.63) is 54.0 Å². The van der Waals surface area contributed by atoms with Crippen molar-refractivity contribution in [1.29, 1.82) is 0 Å². The van der Waals surface area contributed by atoms with Crippen LogP contribution in [0, 0.1) is 6.92 Å². The van der Waals surface area contributed by atoms with Crippen molar-refractivity contribution in [2.24, 2.45) is 0 Å². The predicted octanol–water partition coefficient (Wildman–Crippen LogP) is 5.29. The Kier molecular flexibility index (Phi) is 10.4. The summed E-state index contributed by atoms with van der Waals surface area (Å²) in [5, 5.41) is 6.13. The molecule has 17 heteroatoms. The Morgan fingerprint density at radius 2 is 1.69 bits per heavy atom. The standard InChI is InChI=1S/C34H43F3N10O3S/c1-6-23-19-27(29(50-34(35,36)37)20-28(23)47-13-9-24(10-14-47)46-17-15-44(3)16-18-46)42-33-40-21-22(2)32(43-33)41-26-8-7-25-30(39-12-11-38-25)31(26)45(4)51(5,48)49/h7-8,11-12,19-21,24H,6,9-10,13-18H2,1-5H3,(H2,40,41,42,43). The number of ether oxygens (including phenoxy) is 1. The highest BCUT2D eigenvalue weighted by Crippen LogP contribution is 2.40. The zero-order chi connectivity index (χ0) is 36.5. The number of hydrogen-bond acceptors (Lipinski definition) is 12. The number of nitrogens with one attached hydrogen (secondary N) is 2. The lowest BCUT2D eigenvalue weighted by Gasteiger charge is -2.43. The number of piperazine rings is 1. The maximum absolute atomic E-state index is 13.8. The summed E-state index contributed by atoms with van der Waals surface area (Å²) < 4.78 is 72.3. The minimum absolute atomic E-state index is 0.0107. The third-order valence-electron chi connectivity index (χ3n) is 9.54. The summed E-state index contributed by atoms with van der Waals surface area (Å²) in [6.07, 6.45) is 3.09. The van der Waals surface area contributed by atoms with Gasteiger partial charge in [-0.3, -0.25) is 19.2 Å². The van der Waals surface area contributed by atoms with Crippen molar-refractivity contribution in [2.75, 3.05) is 79.5 Å². The van der Waals surface area contributed by atoms with Gasteiger partial charge in [0.25, 0.3) is 0 Å². The Bertz CT molecular complexity index is 1980. The Morgan fingerprint density at radius 1 is 0.980 bits per heavy atom. The summed E-state index contributed by atoms with van der Waals surface area (Å²) in [4.78, 5) is 24.6. The van der Waals surface area contributed by atoms with E-state index in [9.17, 15) is 21.6 Å². The molecule has 274 valence electrons. The van der Waals surface area contributed by atoms with Crippen molar-refractivity contribution in [3.8, 4) is 5.75 Å². The summed E-state index contributed by atoms with van der Waals surface area (Å²) in [7, 11) is -0.157. The molecule has 2 aliphatic rings. The number of sulfonamides is 1. The van der Waals surface area contributed by atoms with Crippen LogP contribution < -0.4 is 24.6 Å². The lowest BCUT2D eigenvalue weighted by atomic mass is 9.99. The molecule has 13 nitrogen and oxygen atoms in total. The summed E-state index contributed by atoms with van der Waals surface area (Å²) in [6, 6.07) is 6.95. The summed E-state index contributed by atoms with van der Waals surface area (Å²) in [5.74, 6) is -0.0796. The Morgan fingerprint density at radius 3 is 2.35 bits per heavy atom. The van der Waals surface area contributed by atoms with Gasteiger partial charge in [-0.25, -0.2) is 13.4 Å². The van der Waals surface area contributed by atoms with Crippen LogP contribution >= 0.6 is 0 Å². The zero-order valence-electron chi connectivity index (χ0n) is 29.3. The SMILES string of the molecule is CCc1cc(Nc2ncc(C)c(Nc3ccc4nccnc4c3N(C)S(C)(=O)=O)n2)c(OC(F)(F)F)cc1N1CCC(N2CCN(C)CC2)CC1. The number of hydrogen-bond donors (Lipinski definition) is 2. The zero-order valence-corrected chi connectivity index (χ0v) is 30.1. The molecule has 4 heterocycles. The molecule has 0 spiro atoms. The van der Waals surface area contributed by atoms with Crippen LogP contribution in [0.2, 0.25) is 0 Å². The molecule has 0 unspecified atom stereocenters. The molecule has 2 fully saturated rings. The first-order valence-corrected chi connectivity index (χ1v) is 18.7. The van der Waals surface area contributed by atoms with E-state index in [0.29, 0.717) is 46.3 Å². The quantitative estimate of drug-likeness (QED) is 0.220. The number of aromatic nitrogens is 4. The van der Waals surface area contributed by atoms with Gasteiger partial charge < -0.3 is 25.2 Å². The molecule has 4 aromatic rings. The maximum atomic E-state index is 13.8. The van der Waals surface area contributed by atoms with Crippen molar-refractivity contribution in [2.45, 2.75) is 45.5 Å². The molecule has 2 N–H and O–H groups in total. The topological polar surface area (TPSA) is 132 Å². The van der Waals surface area contributed by atoms with Gasteiger partial charge in [-0.1, -0.05) is 6.92 Å². The highest BCUT2D eigenvalue weighted by atomic mass is 32.2. The van der Waals surface area contributed by atoms with Crippen LogP contribution in [-0.4, -0.2) is 110 Å². The number of benzene rings is 2. The lowest BCUT2D eigenvalue weighted by Crippen LogP contribution is -2.52. The van der Waals surface area contributed by atoms with Gasteiger partial charge in [0.1, 0.15) is 17.0 Å². The van der Waals surface area contributed by atoms with Crippen LogP contribution in [0.4, 0.5) is 47.7 Å². The summed E-state index contributed by atoms with van der Waals surface area (Å²) >= 11 is 0. The number of rotatable bonds is 10. The Balaban J connectivity index is 1.29. The molecule has 2 aliphatic heterocycles. The number of fused-ring (bicyclic) bond motifs is 1. The average Bonchev–Trinajstić information content (AvgIpc) is 3.09. The number of halogens is 3. The van der Waals surface area contributed by atoms with Gasteiger partial charge in [0, 0.05) is 88.3 Å². The van der Waals surface area contributed by atoms with E-state index in [4.69, 9.17) is 0 Å². The first kappa shape index (κ1) is 36.3. The smallest absolute Gasteiger partial charge is 0.403 e. The van der Waals surface area contributed by atoms with Crippen LogP contribution in [0.1, 0.15) is 30.9 Å². The van der Waals surface area contributed by atoms with Gasteiger partial charge in [0.15, 0.2) is 5.75 Å². The molecule has 6 rings (SSSR count). The third-order valence-corrected chi connectivity index (χ3v) is 10.7. The molecule has 51 heavy (non-hydrogen) atoms. The first-order chi connectivity index (χ1) is 24.2. The molecular formula is C34H43F3N10O3S. The molecule has 2 aromatic carbocycles. The van der Waals surface area contributed by atoms with Gasteiger partial charge in [-0.15, -0.1) is 13.2 Å². The van der Waals surface area contributed by atoms with Crippen molar-refractivity contribution in [1.82, 2.24) is 29.7 Å². The number of likely N-dealkylation sites (N-methyl/N-ethyl adjacent to an activating group) is 1. The fourth-order valence-electron chi connectivity index (χ4n) is 6.64. The monoisotopic (exact) mass is 728 g/mol. The van der Waals surface area contributed by atoms with Crippen molar-refractivity contribution in [3.63, 3.8) is 0 Å². The van der Waals surface area contributed by atoms with E-state index < -0.39 is 16.4 Å². The van der Waals surface area contributed by atoms with E-state index in [1.165, 1.54) is 31.7 Å². The van der Waals surface area contributed by atoms with Crippen molar-refractivity contribution >= 4 is 55.6 Å². The van der Waals surface area contributed by atoms with E-state index in [1.807, 2.05) is 6.92 Å². The fourth-order valence-corrected chi connectivity index (χ4v) is 7.16. The molecule has 0 amide bonds. The molecule has 0 atom stereocenters. The summed E-state index contributed by atoms with van der Waals surface area (Å²) in [5.41, 5.74) is 3.71. The average molecular weight is 729 g/mol. The van der Waals surface area contributed by atoms with Crippen LogP contribution in [0.25, 0.3) is 11.0 Å². The van der Waals surface area contributed by atoms with Crippen molar-refractivity contribution < 1.29 is 26.3 Å². The molecule has 0 saturated carbocycles. The van der Waals surface area contributed by atoms with Crippen LogP contribution in [-0.2, 0) is 16.4 Å². The van der Waals surface area contributed by atoms with E-state index >= 15 is 0 Å². The molecule has 2 saturated heterocycles. The fraction of sp³-hybridized carbons (Fsp3) is 0.471. The minimum Gasteiger partial charge on any atom is -0.403 e. The highest BCUT2D eigenvalue weighted by Gasteiger charge is 2.34. The second-order valence-corrected chi connectivity index (χ2v) is 15.0. The number of alkyl halides is 3.